The molecule has 3 aromatic rings. The van der Waals surface area contributed by atoms with Gasteiger partial charge < -0.3 is 10.6 Å². The lowest BCUT2D eigenvalue weighted by atomic mass is 10.2. The molecule has 0 heterocycles. The molecule has 0 aliphatic rings. The minimum Gasteiger partial charge on any atom is -0.325 e. The number of hydrogen-bond donors (Lipinski definition) is 2. The van der Waals surface area contributed by atoms with Gasteiger partial charge in [0.1, 0.15) is 0 Å². The largest absolute Gasteiger partial charge is 0.325 e. The third-order valence-electron chi connectivity index (χ3n) is 3.91. The molecule has 4 nitrogen and oxygen atoms in total. The predicted molar refractivity (Wildman–Crippen MR) is 119 cm³/mol. The van der Waals surface area contributed by atoms with Crippen molar-refractivity contribution >= 4 is 50.9 Å². The summed E-state index contributed by atoms with van der Waals surface area (Å²) in [7, 11) is 0. The number of carbonyl (C=O) groups excluding carboxylic acids is 2. The topological polar surface area (TPSA) is 58.2 Å². The average molecular weight is 455 g/mol. The Morgan fingerprint density at radius 2 is 1.64 bits per heavy atom. The molecule has 142 valence electrons. The number of nitrogens with one attached hydrogen (secondary N) is 2. The fourth-order valence-corrected chi connectivity index (χ4v) is 3.77. The van der Waals surface area contributed by atoms with Gasteiger partial charge in [-0.05, 0) is 49.4 Å². The Hall–Kier alpha value is -2.57. The normalized spacial score (nSPS) is 10.4. The van der Waals surface area contributed by atoms with Gasteiger partial charge in [0.25, 0.3) is 5.91 Å². The Morgan fingerprint density at radius 1 is 0.893 bits per heavy atom. The monoisotopic (exact) mass is 454 g/mol. The molecule has 0 aliphatic carbocycles. The molecule has 2 N–H and O–H groups in total. The third-order valence-corrected chi connectivity index (χ3v) is 5.48. The smallest absolute Gasteiger partial charge is 0.256 e. The number of halogens is 1. The van der Waals surface area contributed by atoms with E-state index in [9.17, 15) is 9.59 Å². The molecule has 0 radical (unpaired) electrons. The second-order valence-electron chi connectivity index (χ2n) is 6.16. The number of benzene rings is 3. The first kappa shape index (κ1) is 20.2. The van der Waals surface area contributed by atoms with Crippen molar-refractivity contribution in [1.82, 2.24) is 0 Å². The SMILES string of the molecule is Cc1ccc(NC(=O)CSc2ccccc2C(=O)Nc2cccc(Br)c2)cc1. The molecule has 0 saturated carbocycles. The Bertz CT molecular complexity index is 990. The molecule has 0 aliphatic heterocycles. The van der Waals surface area contributed by atoms with Crippen molar-refractivity contribution in [2.45, 2.75) is 11.8 Å². The van der Waals surface area contributed by atoms with Crippen LogP contribution >= 0.6 is 27.7 Å². The van der Waals surface area contributed by atoms with E-state index < -0.39 is 0 Å². The van der Waals surface area contributed by atoms with Crippen LogP contribution in [-0.2, 0) is 4.79 Å². The molecule has 0 atom stereocenters. The fourth-order valence-electron chi connectivity index (χ4n) is 2.52. The maximum Gasteiger partial charge on any atom is 0.256 e. The van der Waals surface area contributed by atoms with E-state index in [-0.39, 0.29) is 17.6 Å². The van der Waals surface area contributed by atoms with Crippen LogP contribution in [0.25, 0.3) is 0 Å². The Morgan fingerprint density at radius 3 is 2.39 bits per heavy atom. The zero-order chi connectivity index (χ0) is 19.9. The highest BCUT2D eigenvalue weighted by Crippen LogP contribution is 2.24. The van der Waals surface area contributed by atoms with Gasteiger partial charge in [-0.25, -0.2) is 0 Å². The highest BCUT2D eigenvalue weighted by molar-refractivity contribution is 9.10. The summed E-state index contributed by atoms with van der Waals surface area (Å²) in [5, 5.41) is 5.76. The van der Waals surface area contributed by atoms with Gasteiger partial charge >= 0.3 is 0 Å². The minimum absolute atomic E-state index is 0.115. The van der Waals surface area contributed by atoms with E-state index in [0.717, 1.165) is 20.6 Å². The first-order valence-corrected chi connectivity index (χ1v) is 10.4. The van der Waals surface area contributed by atoms with Crippen LogP contribution in [0.2, 0.25) is 0 Å². The lowest BCUT2D eigenvalue weighted by Gasteiger charge is -2.10. The van der Waals surface area contributed by atoms with E-state index in [1.54, 1.807) is 6.07 Å². The van der Waals surface area contributed by atoms with E-state index in [2.05, 4.69) is 26.6 Å². The van der Waals surface area contributed by atoms with Crippen LogP contribution in [-0.4, -0.2) is 17.6 Å². The lowest BCUT2D eigenvalue weighted by molar-refractivity contribution is -0.113. The zero-order valence-corrected chi connectivity index (χ0v) is 17.6. The average Bonchev–Trinajstić information content (AvgIpc) is 2.68. The lowest BCUT2D eigenvalue weighted by Crippen LogP contribution is -2.15. The number of thioether (sulfide) groups is 1. The van der Waals surface area contributed by atoms with E-state index in [1.807, 2.05) is 73.7 Å². The Kier molecular flexibility index (Phi) is 6.90. The zero-order valence-electron chi connectivity index (χ0n) is 15.2. The minimum atomic E-state index is -0.208. The van der Waals surface area contributed by atoms with Crippen LogP contribution in [0.4, 0.5) is 11.4 Å². The summed E-state index contributed by atoms with van der Waals surface area (Å²) in [5.74, 6) is -0.106. The van der Waals surface area contributed by atoms with Gasteiger partial charge in [0.05, 0.1) is 11.3 Å². The summed E-state index contributed by atoms with van der Waals surface area (Å²) < 4.78 is 0.890. The van der Waals surface area contributed by atoms with Crippen molar-refractivity contribution < 1.29 is 9.59 Å². The van der Waals surface area contributed by atoms with Crippen molar-refractivity contribution in [3.8, 4) is 0 Å². The van der Waals surface area contributed by atoms with Crippen molar-refractivity contribution in [2.24, 2.45) is 0 Å². The van der Waals surface area contributed by atoms with Crippen molar-refractivity contribution in [2.75, 3.05) is 16.4 Å². The first-order chi connectivity index (χ1) is 13.5. The van der Waals surface area contributed by atoms with Crippen LogP contribution in [0.5, 0.6) is 0 Å². The van der Waals surface area contributed by atoms with Gasteiger partial charge in [-0.15, -0.1) is 11.8 Å². The molecule has 0 bridgehead atoms. The molecule has 3 rings (SSSR count). The molecule has 28 heavy (non-hydrogen) atoms. The van der Waals surface area contributed by atoms with E-state index >= 15 is 0 Å². The predicted octanol–water partition coefficient (Wildman–Crippen LogP) is 5.74. The molecular weight excluding hydrogens is 436 g/mol. The third kappa shape index (κ3) is 5.71. The van der Waals surface area contributed by atoms with Crippen molar-refractivity contribution in [3.63, 3.8) is 0 Å². The molecule has 0 aromatic heterocycles. The van der Waals surface area contributed by atoms with E-state index in [0.29, 0.717) is 11.3 Å². The van der Waals surface area contributed by atoms with Crippen LogP contribution < -0.4 is 10.6 Å². The summed E-state index contributed by atoms with van der Waals surface area (Å²) in [6.07, 6.45) is 0. The van der Waals surface area contributed by atoms with Crippen LogP contribution in [0, 0.1) is 6.92 Å². The van der Waals surface area contributed by atoms with Gasteiger partial charge in [-0.3, -0.25) is 9.59 Å². The summed E-state index contributed by atoms with van der Waals surface area (Å²) in [6, 6.07) is 22.3. The number of carbonyl (C=O) groups is 2. The maximum atomic E-state index is 12.7. The van der Waals surface area contributed by atoms with Crippen LogP contribution in [0.1, 0.15) is 15.9 Å². The van der Waals surface area contributed by atoms with Crippen LogP contribution in [0.3, 0.4) is 0 Å². The number of aryl methyl sites for hydroxylation is 1. The second kappa shape index (κ2) is 9.57. The van der Waals surface area contributed by atoms with Gasteiger partial charge in [0.2, 0.25) is 5.91 Å². The highest BCUT2D eigenvalue weighted by Gasteiger charge is 2.13. The second-order valence-corrected chi connectivity index (χ2v) is 8.10. The standard InChI is InChI=1S/C22H19BrN2O2S/c1-15-9-11-17(12-10-15)24-21(26)14-28-20-8-3-2-7-19(20)22(27)25-18-6-4-5-16(23)13-18/h2-13H,14H2,1H3,(H,24,26)(H,25,27). The van der Waals surface area contributed by atoms with E-state index in [4.69, 9.17) is 0 Å². The van der Waals surface area contributed by atoms with E-state index in [1.165, 1.54) is 11.8 Å². The van der Waals surface area contributed by atoms with Gasteiger partial charge in [0, 0.05) is 20.7 Å². The number of rotatable bonds is 6. The molecule has 0 saturated heterocycles. The Balaban J connectivity index is 1.64. The van der Waals surface area contributed by atoms with Crippen molar-refractivity contribution in [3.05, 3.63) is 88.4 Å². The molecular formula is C22H19BrN2O2S. The number of hydrogen-bond acceptors (Lipinski definition) is 3. The summed E-state index contributed by atoms with van der Waals surface area (Å²) in [5.41, 5.74) is 3.14. The molecule has 0 unspecified atom stereocenters. The molecule has 6 heteroatoms. The number of anilines is 2. The summed E-state index contributed by atoms with van der Waals surface area (Å²) in [6.45, 7) is 2.00. The fraction of sp³-hybridized carbons (Fsp3) is 0.0909. The summed E-state index contributed by atoms with van der Waals surface area (Å²) >= 11 is 4.73. The highest BCUT2D eigenvalue weighted by atomic mass is 79.9. The van der Waals surface area contributed by atoms with Gasteiger partial charge in [0.15, 0.2) is 0 Å². The van der Waals surface area contributed by atoms with Crippen LogP contribution in [0.15, 0.2) is 82.2 Å². The van der Waals surface area contributed by atoms with Gasteiger partial charge in [-0.1, -0.05) is 51.8 Å². The maximum absolute atomic E-state index is 12.7. The Labute approximate surface area is 176 Å². The molecule has 0 spiro atoms. The molecule has 2 amide bonds. The quantitative estimate of drug-likeness (QED) is 0.466. The number of amides is 2. The molecule has 3 aromatic carbocycles. The van der Waals surface area contributed by atoms with Crippen molar-refractivity contribution in [1.29, 1.82) is 0 Å². The summed E-state index contributed by atoms with van der Waals surface area (Å²) in [4.78, 5) is 25.7. The first-order valence-electron chi connectivity index (χ1n) is 8.66. The van der Waals surface area contributed by atoms with Gasteiger partial charge in [-0.2, -0.15) is 0 Å². The molecule has 0 fully saturated rings.